The van der Waals surface area contributed by atoms with Crippen LogP contribution in [0.2, 0.25) is 0 Å². The number of hydrogen-bond donors (Lipinski definition) is 2. The lowest BCUT2D eigenvalue weighted by molar-refractivity contribution is 0.189. The van der Waals surface area contributed by atoms with Crippen molar-refractivity contribution in [3.05, 3.63) is 74.1 Å². The molecule has 2 aromatic carbocycles. The number of benzene rings is 2. The maximum atomic E-state index is 12.8. The molecule has 0 bridgehead atoms. The number of carbonyl (C=O) groups excluding carboxylic acids is 1. The summed E-state index contributed by atoms with van der Waals surface area (Å²) in [7, 11) is 0. The molecule has 1 fully saturated rings. The largest absolute Gasteiger partial charge is 0.335 e. The lowest BCUT2D eigenvalue weighted by Gasteiger charge is -2.30. The van der Waals surface area contributed by atoms with Crippen molar-refractivity contribution in [1.29, 1.82) is 0 Å². The number of H-pyrrole nitrogens is 1. The maximum absolute atomic E-state index is 12.8. The van der Waals surface area contributed by atoms with Crippen LogP contribution in [-0.4, -0.2) is 27.2 Å². The van der Waals surface area contributed by atoms with Gasteiger partial charge < -0.3 is 10.2 Å². The van der Waals surface area contributed by atoms with E-state index in [1.807, 2.05) is 35.2 Å². The van der Waals surface area contributed by atoms with Gasteiger partial charge in [-0.05, 0) is 55.0 Å². The first-order valence-electron chi connectivity index (χ1n) is 10.4. The molecule has 0 unspecified atom stereocenters. The third-order valence-corrected chi connectivity index (χ3v) is 6.84. The van der Waals surface area contributed by atoms with E-state index in [-0.39, 0.29) is 17.6 Å². The summed E-state index contributed by atoms with van der Waals surface area (Å²) in [5.41, 5.74) is 3.25. The molecule has 6 nitrogen and oxygen atoms in total. The number of aromatic nitrogens is 2. The fraction of sp³-hybridized carbons (Fsp3) is 0.348. The van der Waals surface area contributed by atoms with Gasteiger partial charge >= 0.3 is 6.03 Å². The van der Waals surface area contributed by atoms with Crippen LogP contribution in [0.15, 0.2) is 51.7 Å². The molecule has 1 aliphatic heterocycles. The molecular formula is C23H23BrN4O2. The Morgan fingerprint density at radius 1 is 1.03 bits per heavy atom. The summed E-state index contributed by atoms with van der Waals surface area (Å²) in [4.78, 5) is 26.7. The number of urea groups is 1. The van der Waals surface area contributed by atoms with Crippen LogP contribution >= 0.6 is 15.9 Å². The van der Waals surface area contributed by atoms with Crippen LogP contribution in [0.25, 0.3) is 10.8 Å². The number of aromatic amines is 1. The van der Waals surface area contributed by atoms with Gasteiger partial charge in [0.25, 0.3) is 5.56 Å². The van der Waals surface area contributed by atoms with Crippen molar-refractivity contribution in [3.8, 4) is 0 Å². The van der Waals surface area contributed by atoms with Gasteiger partial charge in [-0.3, -0.25) is 4.79 Å². The minimum absolute atomic E-state index is 0.0124. The summed E-state index contributed by atoms with van der Waals surface area (Å²) in [5, 5.41) is 11.9. The monoisotopic (exact) mass is 466 g/mol. The van der Waals surface area contributed by atoms with Gasteiger partial charge in [-0.1, -0.05) is 40.2 Å². The summed E-state index contributed by atoms with van der Waals surface area (Å²) in [6.07, 6.45) is 3.72. The summed E-state index contributed by atoms with van der Waals surface area (Å²) >= 11 is 3.50. The van der Waals surface area contributed by atoms with E-state index in [2.05, 4.69) is 43.6 Å². The summed E-state index contributed by atoms with van der Waals surface area (Å²) < 4.78 is 1.05. The average molecular weight is 467 g/mol. The Labute approximate surface area is 182 Å². The van der Waals surface area contributed by atoms with E-state index in [0.717, 1.165) is 41.2 Å². The molecule has 2 N–H and O–H groups in total. The predicted molar refractivity (Wildman–Crippen MR) is 119 cm³/mol. The molecule has 1 saturated carbocycles. The normalized spacial score (nSPS) is 20.9. The number of hydrogen-bond acceptors (Lipinski definition) is 3. The first-order chi connectivity index (χ1) is 14.6. The minimum Gasteiger partial charge on any atom is -0.335 e. The second kappa shape index (κ2) is 7.87. The highest BCUT2D eigenvalue weighted by Gasteiger charge is 2.29. The molecule has 3 aromatic rings. The number of nitrogens with one attached hydrogen (secondary N) is 2. The number of amides is 2. The van der Waals surface area contributed by atoms with Gasteiger partial charge in [0.1, 0.15) is 0 Å². The Kier molecular flexibility index (Phi) is 5.06. The van der Waals surface area contributed by atoms with Crippen LogP contribution < -0.4 is 10.9 Å². The Hall–Kier alpha value is -2.67. The molecular weight excluding hydrogens is 444 g/mol. The van der Waals surface area contributed by atoms with E-state index in [9.17, 15) is 9.59 Å². The smallest absolute Gasteiger partial charge is 0.318 e. The molecule has 1 aliphatic carbocycles. The molecule has 0 radical (unpaired) electrons. The van der Waals surface area contributed by atoms with E-state index in [4.69, 9.17) is 0 Å². The van der Waals surface area contributed by atoms with E-state index < -0.39 is 0 Å². The van der Waals surface area contributed by atoms with Crippen molar-refractivity contribution in [3.63, 3.8) is 0 Å². The van der Waals surface area contributed by atoms with E-state index in [1.165, 1.54) is 11.1 Å². The van der Waals surface area contributed by atoms with Crippen molar-refractivity contribution in [2.24, 2.45) is 0 Å². The van der Waals surface area contributed by atoms with Crippen LogP contribution in [0.5, 0.6) is 0 Å². The van der Waals surface area contributed by atoms with Crippen molar-refractivity contribution >= 4 is 32.7 Å². The second-order valence-electron chi connectivity index (χ2n) is 8.25. The number of halogens is 1. The summed E-state index contributed by atoms with van der Waals surface area (Å²) in [6, 6.07) is 14.0. The highest BCUT2D eigenvalue weighted by molar-refractivity contribution is 9.10. The molecule has 30 heavy (non-hydrogen) atoms. The van der Waals surface area contributed by atoms with Crippen LogP contribution in [-0.2, 0) is 13.1 Å². The highest BCUT2D eigenvalue weighted by atomic mass is 79.9. The van der Waals surface area contributed by atoms with Crippen molar-refractivity contribution in [2.45, 2.75) is 50.7 Å². The number of rotatable bonds is 2. The Bertz CT molecular complexity index is 1170. The Morgan fingerprint density at radius 3 is 2.57 bits per heavy atom. The lowest BCUT2D eigenvalue weighted by Crippen LogP contribution is -2.44. The predicted octanol–water partition coefficient (Wildman–Crippen LogP) is 4.44. The summed E-state index contributed by atoms with van der Waals surface area (Å²) in [6.45, 7) is 1.32. The SMILES string of the molecule is O=C(NC1CCC(c2n[nH]c(=O)c3ccccc23)CC1)N1Cc2ccc(Br)cc2C1. The topological polar surface area (TPSA) is 78.1 Å². The average Bonchev–Trinajstić information content (AvgIpc) is 3.18. The number of fused-ring (bicyclic) bond motifs is 2. The van der Waals surface area contributed by atoms with E-state index in [1.54, 1.807) is 0 Å². The van der Waals surface area contributed by atoms with E-state index >= 15 is 0 Å². The maximum Gasteiger partial charge on any atom is 0.318 e. The summed E-state index contributed by atoms with van der Waals surface area (Å²) in [5.74, 6) is 0.299. The number of carbonyl (C=O) groups is 1. The molecule has 5 rings (SSSR count). The fourth-order valence-electron chi connectivity index (χ4n) is 4.73. The van der Waals surface area contributed by atoms with Crippen molar-refractivity contribution in [2.75, 3.05) is 0 Å². The third kappa shape index (κ3) is 3.62. The van der Waals surface area contributed by atoms with Crippen molar-refractivity contribution < 1.29 is 4.79 Å². The second-order valence-corrected chi connectivity index (χ2v) is 9.17. The molecule has 0 spiro atoms. The first-order valence-corrected chi connectivity index (χ1v) is 11.2. The van der Waals surface area contributed by atoms with Crippen LogP contribution in [0, 0.1) is 0 Å². The molecule has 0 saturated heterocycles. The van der Waals surface area contributed by atoms with Crippen LogP contribution in [0.3, 0.4) is 0 Å². The van der Waals surface area contributed by atoms with Gasteiger partial charge in [0.15, 0.2) is 0 Å². The van der Waals surface area contributed by atoms with Gasteiger partial charge in [-0.15, -0.1) is 0 Å². The van der Waals surface area contributed by atoms with Gasteiger partial charge in [-0.25, -0.2) is 9.89 Å². The zero-order valence-corrected chi connectivity index (χ0v) is 18.1. The molecule has 2 aliphatic rings. The molecule has 2 amide bonds. The lowest BCUT2D eigenvalue weighted by atomic mass is 9.83. The Balaban J connectivity index is 1.22. The van der Waals surface area contributed by atoms with Gasteiger partial charge in [-0.2, -0.15) is 5.10 Å². The quantitative estimate of drug-likeness (QED) is 0.585. The number of nitrogens with zero attached hydrogens (tertiary/aromatic N) is 2. The van der Waals surface area contributed by atoms with Gasteiger partial charge in [0.2, 0.25) is 0 Å². The molecule has 154 valence electrons. The standard InChI is InChI=1S/C23H23BrN4O2/c24-17-8-5-15-12-28(13-16(15)11-17)23(30)25-18-9-6-14(7-10-18)21-19-3-1-2-4-20(19)22(29)27-26-21/h1-5,8,11,14,18H,6-7,9-10,12-13H2,(H,25,30)(H,27,29). The van der Waals surface area contributed by atoms with Crippen LogP contribution in [0.1, 0.15) is 48.4 Å². The van der Waals surface area contributed by atoms with Crippen LogP contribution in [0.4, 0.5) is 4.79 Å². The molecule has 1 aromatic heterocycles. The molecule has 2 heterocycles. The minimum atomic E-state index is -0.145. The first kappa shape index (κ1) is 19.3. The van der Waals surface area contributed by atoms with E-state index in [0.29, 0.717) is 24.4 Å². The molecule has 0 atom stereocenters. The zero-order valence-electron chi connectivity index (χ0n) is 16.5. The van der Waals surface area contributed by atoms with Gasteiger partial charge in [0, 0.05) is 34.9 Å². The fourth-order valence-corrected chi connectivity index (χ4v) is 5.14. The third-order valence-electron chi connectivity index (χ3n) is 6.34. The Morgan fingerprint density at radius 2 is 1.77 bits per heavy atom. The molecule has 7 heteroatoms. The zero-order chi connectivity index (χ0) is 20.7. The van der Waals surface area contributed by atoms with Gasteiger partial charge in [0.05, 0.1) is 11.1 Å². The van der Waals surface area contributed by atoms with Crippen molar-refractivity contribution in [1.82, 2.24) is 20.4 Å². The highest BCUT2D eigenvalue weighted by Crippen LogP contribution is 2.34.